The fourth-order valence-corrected chi connectivity index (χ4v) is 1.04. The molecule has 1 aromatic carbocycles. The fourth-order valence-electron chi connectivity index (χ4n) is 0.715. The molecular formula is C6H4Cl2N2O2. The van der Waals surface area contributed by atoms with Crippen molar-refractivity contribution < 1.29 is 4.92 Å². The first-order valence-electron chi connectivity index (χ1n) is 2.92. The van der Waals surface area contributed by atoms with Gasteiger partial charge in [0.05, 0.1) is 15.0 Å². The van der Waals surface area contributed by atoms with Crippen LogP contribution in [-0.2, 0) is 0 Å². The average Bonchev–Trinajstić information content (AvgIpc) is 2.00. The highest BCUT2D eigenvalue weighted by Crippen LogP contribution is 2.34. The molecule has 0 unspecified atom stereocenters. The van der Waals surface area contributed by atoms with Crippen LogP contribution < -0.4 is 5.73 Å². The average molecular weight is 207 g/mol. The van der Waals surface area contributed by atoms with Crippen molar-refractivity contribution in [3.05, 3.63) is 32.3 Å². The quantitative estimate of drug-likeness (QED) is 0.436. The van der Waals surface area contributed by atoms with E-state index in [9.17, 15) is 10.1 Å². The van der Waals surface area contributed by atoms with E-state index >= 15 is 0 Å². The van der Waals surface area contributed by atoms with E-state index in [2.05, 4.69) is 0 Å². The van der Waals surface area contributed by atoms with E-state index in [1.165, 1.54) is 12.1 Å². The van der Waals surface area contributed by atoms with Crippen molar-refractivity contribution in [2.75, 3.05) is 5.73 Å². The van der Waals surface area contributed by atoms with Crippen molar-refractivity contribution in [1.82, 2.24) is 0 Å². The van der Waals surface area contributed by atoms with Gasteiger partial charge in [0.15, 0.2) is 0 Å². The monoisotopic (exact) mass is 206 g/mol. The van der Waals surface area contributed by atoms with Gasteiger partial charge >= 0.3 is 0 Å². The Balaban J connectivity index is 3.36. The molecule has 0 saturated carbocycles. The molecule has 0 aromatic heterocycles. The molecular weight excluding hydrogens is 203 g/mol. The van der Waals surface area contributed by atoms with Crippen molar-refractivity contribution in [2.45, 2.75) is 0 Å². The lowest BCUT2D eigenvalue weighted by molar-refractivity contribution is -0.383. The van der Waals surface area contributed by atoms with Gasteiger partial charge in [-0.25, -0.2) is 0 Å². The number of nitrogens with zero attached hydrogens (tertiary/aromatic N) is 1. The van der Waals surface area contributed by atoms with E-state index in [4.69, 9.17) is 28.9 Å². The zero-order valence-corrected chi connectivity index (χ0v) is 7.26. The van der Waals surface area contributed by atoms with E-state index in [-0.39, 0.29) is 21.4 Å². The minimum atomic E-state index is -0.614. The summed E-state index contributed by atoms with van der Waals surface area (Å²) in [6.07, 6.45) is 0. The number of nitro benzene ring substituents is 1. The van der Waals surface area contributed by atoms with Gasteiger partial charge in [-0.2, -0.15) is 0 Å². The lowest BCUT2D eigenvalue weighted by Gasteiger charge is -2.00. The molecule has 0 radical (unpaired) electrons. The molecule has 2 N–H and O–H groups in total. The van der Waals surface area contributed by atoms with Gasteiger partial charge in [0.1, 0.15) is 5.69 Å². The maximum absolute atomic E-state index is 10.3. The smallest absolute Gasteiger partial charge is 0.293 e. The first-order valence-corrected chi connectivity index (χ1v) is 3.67. The summed E-state index contributed by atoms with van der Waals surface area (Å²) in [6.45, 7) is 0. The van der Waals surface area contributed by atoms with Gasteiger partial charge in [-0.1, -0.05) is 23.2 Å². The standard InChI is InChI=1S/C6H4Cl2N2O2/c7-3-1-2-4(10(11)12)6(9)5(3)8/h1-2H,9H2. The summed E-state index contributed by atoms with van der Waals surface area (Å²) in [4.78, 5) is 9.70. The van der Waals surface area contributed by atoms with E-state index < -0.39 is 4.92 Å². The number of rotatable bonds is 1. The highest BCUT2D eigenvalue weighted by atomic mass is 35.5. The summed E-state index contributed by atoms with van der Waals surface area (Å²) < 4.78 is 0. The molecule has 0 atom stereocenters. The summed E-state index contributed by atoms with van der Waals surface area (Å²) in [5.74, 6) is 0. The van der Waals surface area contributed by atoms with Crippen LogP contribution in [-0.4, -0.2) is 4.92 Å². The van der Waals surface area contributed by atoms with Crippen LogP contribution in [0, 0.1) is 10.1 Å². The Bertz CT molecular complexity index is 341. The zero-order chi connectivity index (χ0) is 9.30. The minimum Gasteiger partial charge on any atom is -0.392 e. The maximum atomic E-state index is 10.3. The Morgan fingerprint density at radius 3 is 2.50 bits per heavy atom. The molecule has 4 nitrogen and oxygen atoms in total. The van der Waals surface area contributed by atoms with Gasteiger partial charge in [-0.05, 0) is 6.07 Å². The predicted octanol–water partition coefficient (Wildman–Crippen LogP) is 2.48. The number of nitro groups is 1. The topological polar surface area (TPSA) is 69.2 Å². The minimum absolute atomic E-state index is 0.0193. The van der Waals surface area contributed by atoms with Crippen LogP contribution in [0.15, 0.2) is 12.1 Å². The van der Waals surface area contributed by atoms with Crippen LogP contribution in [0.2, 0.25) is 10.0 Å². The number of benzene rings is 1. The molecule has 1 rings (SSSR count). The Hall–Kier alpha value is -1.000. The second kappa shape index (κ2) is 3.16. The van der Waals surface area contributed by atoms with Crippen LogP contribution in [0.25, 0.3) is 0 Å². The van der Waals surface area contributed by atoms with Gasteiger partial charge in [0.25, 0.3) is 5.69 Å². The summed E-state index contributed by atoms with van der Waals surface area (Å²) in [7, 11) is 0. The largest absolute Gasteiger partial charge is 0.392 e. The van der Waals surface area contributed by atoms with Crippen LogP contribution >= 0.6 is 23.2 Å². The first kappa shape index (κ1) is 9.09. The maximum Gasteiger partial charge on any atom is 0.293 e. The van der Waals surface area contributed by atoms with Gasteiger partial charge < -0.3 is 5.73 Å². The van der Waals surface area contributed by atoms with Crippen LogP contribution in [0.3, 0.4) is 0 Å². The van der Waals surface area contributed by atoms with Crippen molar-refractivity contribution in [3.63, 3.8) is 0 Å². The van der Waals surface area contributed by atoms with Crippen molar-refractivity contribution >= 4 is 34.6 Å². The van der Waals surface area contributed by atoms with Crippen molar-refractivity contribution in [3.8, 4) is 0 Å². The highest BCUT2D eigenvalue weighted by molar-refractivity contribution is 6.44. The molecule has 0 aliphatic heterocycles. The summed E-state index contributed by atoms with van der Waals surface area (Å²) in [5, 5.41) is 10.5. The molecule has 0 aliphatic carbocycles. The van der Waals surface area contributed by atoms with Gasteiger partial charge in [-0.3, -0.25) is 10.1 Å². The summed E-state index contributed by atoms with van der Waals surface area (Å²) in [5.41, 5.74) is 4.99. The van der Waals surface area contributed by atoms with Gasteiger partial charge in [-0.15, -0.1) is 0 Å². The second-order valence-corrected chi connectivity index (χ2v) is 2.84. The molecule has 1 aromatic rings. The van der Waals surface area contributed by atoms with Crippen molar-refractivity contribution in [1.29, 1.82) is 0 Å². The summed E-state index contributed by atoms with van der Waals surface area (Å²) in [6, 6.07) is 2.54. The van der Waals surface area contributed by atoms with Crippen LogP contribution in [0.5, 0.6) is 0 Å². The van der Waals surface area contributed by atoms with Crippen LogP contribution in [0.1, 0.15) is 0 Å². The Kier molecular flexibility index (Phi) is 2.40. The van der Waals surface area contributed by atoms with Crippen LogP contribution in [0.4, 0.5) is 11.4 Å². The van der Waals surface area contributed by atoms with E-state index in [1.54, 1.807) is 0 Å². The SMILES string of the molecule is Nc1c([N+](=O)[O-])ccc(Cl)c1Cl. The number of nitrogen functional groups attached to an aromatic ring is 1. The lowest BCUT2D eigenvalue weighted by atomic mass is 10.3. The molecule has 0 bridgehead atoms. The van der Waals surface area contributed by atoms with E-state index in [0.717, 1.165) is 0 Å². The third-order valence-corrected chi connectivity index (χ3v) is 2.13. The number of anilines is 1. The van der Waals surface area contributed by atoms with Gasteiger partial charge in [0, 0.05) is 6.07 Å². The molecule has 0 amide bonds. The normalized spacial score (nSPS) is 9.83. The van der Waals surface area contributed by atoms with E-state index in [0.29, 0.717) is 0 Å². The third-order valence-electron chi connectivity index (χ3n) is 1.31. The highest BCUT2D eigenvalue weighted by Gasteiger charge is 2.15. The Morgan fingerprint density at radius 2 is 2.00 bits per heavy atom. The number of halogens is 2. The Labute approximate surface area is 78.0 Å². The molecule has 64 valence electrons. The summed E-state index contributed by atoms with van der Waals surface area (Å²) >= 11 is 11.1. The third kappa shape index (κ3) is 1.44. The number of nitrogens with two attached hydrogens (primary N) is 1. The lowest BCUT2D eigenvalue weighted by Crippen LogP contribution is -1.96. The molecule has 12 heavy (non-hydrogen) atoms. The van der Waals surface area contributed by atoms with E-state index in [1.807, 2.05) is 0 Å². The van der Waals surface area contributed by atoms with Crippen molar-refractivity contribution in [2.24, 2.45) is 0 Å². The second-order valence-electron chi connectivity index (χ2n) is 2.05. The molecule has 6 heteroatoms. The predicted molar refractivity (Wildman–Crippen MR) is 47.5 cm³/mol. The number of hydrogen-bond donors (Lipinski definition) is 1. The molecule has 0 fully saturated rings. The fraction of sp³-hybridized carbons (Fsp3) is 0. The zero-order valence-electron chi connectivity index (χ0n) is 5.75. The molecule has 0 heterocycles. The Morgan fingerprint density at radius 1 is 1.42 bits per heavy atom. The number of hydrogen-bond acceptors (Lipinski definition) is 3. The molecule has 0 spiro atoms. The first-order chi connectivity index (χ1) is 5.54. The van der Waals surface area contributed by atoms with Gasteiger partial charge in [0.2, 0.25) is 0 Å². The molecule has 0 aliphatic rings. The molecule has 0 saturated heterocycles.